The van der Waals surface area contributed by atoms with Gasteiger partial charge in [0.15, 0.2) is 5.82 Å². The molecule has 20 heavy (non-hydrogen) atoms. The highest BCUT2D eigenvalue weighted by Crippen LogP contribution is 2.28. The zero-order valence-corrected chi connectivity index (χ0v) is 11.4. The second-order valence-electron chi connectivity index (χ2n) is 4.12. The van der Waals surface area contributed by atoms with Crippen LogP contribution in [0.4, 0.5) is 8.78 Å². The van der Waals surface area contributed by atoms with Gasteiger partial charge < -0.3 is 0 Å². The molecule has 0 radical (unpaired) electrons. The molecule has 0 aliphatic heterocycles. The predicted molar refractivity (Wildman–Crippen MR) is 74.9 cm³/mol. The lowest BCUT2D eigenvalue weighted by atomic mass is 10.2. The van der Waals surface area contributed by atoms with E-state index in [1.807, 2.05) is 0 Å². The second kappa shape index (κ2) is 4.96. The van der Waals surface area contributed by atoms with E-state index in [0.717, 1.165) is 12.1 Å². The molecule has 100 valence electrons. The maximum atomic E-state index is 13.8. The number of halogens is 4. The lowest BCUT2D eigenvalue weighted by Gasteiger charge is -2.06. The molecule has 0 saturated heterocycles. The van der Waals surface area contributed by atoms with Gasteiger partial charge in [-0.15, -0.1) is 0 Å². The van der Waals surface area contributed by atoms with Crippen LogP contribution in [-0.2, 0) is 0 Å². The Labute approximate surface area is 123 Å². The topological polar surface area (TPSA) is 25.8 Å². The fraction of sp³-hybridized carbons (Fsp3) is 0. The molecule has 2 aromatic carbocycles. The summed E-state index contributed by atoms with van der Waals surface area (Å²) in [6, 6.07) is 8.14. The molecule has 6 heteroatoms. The van der Waals surface area contributed by atoms with Crippen molar-refractivity contribution in [1.29, 1.82) is 0 Å². The number of fused-ring (bicyclic) bond motifs is 1. The van der Waals surface area contributed by atoms with Gasteiger partial charge in [0.25, 0.3) is 0 Å². The Hall–Kier alpha value is -1.78. The van der Waals surface area contributed by atoms with E-state index in [-0.39, 0.29) is 16.5 Å². The highest BCUT2D eigenvalue weighted by atomic mass is 35.5. The van der Waals surface area contributed by atoms with Crippen LogP contribution in [0.3, 0.4) is 0 Å². The summed E-state index contributed by atoms with van der Waals surface area (Å²) in [7, 11) is 0. The Bertz CT molecular complexity index is 822. The largest absolute Gasteiger partial charge is 0.228 e. The third kappa shape index (κ3) is 2.32. The first kappa shape index (κ1) is 13.2. The van der Waals surface area contributed by atoms with Gasteiger partial charge in [0.05, 0.1) is 11.1 Å². The fourth-order valence-corrected chi connectivity index (χ4v) is 2.26. The monoisotopic (exact) mass is 310 g/mol. The first-order valence-electron chi connectivity index (χ1n) is 5.63. The van der Waals surface area contributed by atoms with Gasteiger partial charge in [-0.3, -0.25) is 0 Å². The third-order valence-electron chi connectivity index (χ3n) is 2.78. The van der Waals surface area contributed by atoms with Crippen LogP contribution < -0.4 is 0 Å². The average Bonchev–Trinajstić information content (AvgIpc) is 2.37. The number of hydrogen-bond donors (Lipinski definition) is 0. The van der Waals surface area contributed by atoms with Gasteiger partial charge in [0, 0.05) is 16.5 Å². The van der Waals surface area contributed by atoms with E-state index in [1.54, 1.807) is 18.2 Å². The van der Waals surface area contributed by atoms with Gasteiger partial charge in [-0.1, -0.05) is 23.2 Å². The molecule has 3 rings (SSSR count). The SMILES string of the molecule is Fc1ccc(-c2nc(Cl)c3ccc(Cl)cc3n2)c(F)c1. The summed E-state index contributed by atoms with van der Waals surface area (Å²) >= 11 is 12.0. The summed E-state index contributed by atoms with van der Waals surface area (Å²) in [6.45, 7) is 0. The lowest BCUT2D eigenvalue weighted by Crippen LogP contribution is -1.95. The fourth-order valence-electron chi connectivity index (χ4n) is 1.86. The Morgan fingerprint density at radius 1 is 0.900 bits per heavy atom. The van der Waals surface area contributed by atoms with Crippen molar-refractivity contribution in [2.75, 3.05) is 0 Å². The molecule has 1 heterocycles. The van der Waals surface area contributed by atoms with Crippen LogP contribution in [0.1, 0.15) is 0 Å². The number of rotatable bonds is 1. The second-order valence-corrected chi connectivity index (χ2v) is 4.92. The van der Waals surface area contributed by atoms with Crippen molar-refractivity contribution in [3.05, 3.63) is 58.2 Å². The molecular formula is C14H6Cl2F2N2. The van der Waals surface area contributed by atoms with Gasteiger partial charge in [-0.25, -0.2) is 18.7 Å². The van der Waals surface area contributed by atoms with E-state index < -0.39 is 11.6 Å². The molecule has 0 N–H and O–H groups in total. The van der Waals surface area contributed by atoms with Crippen molar-refractivity contribution >= 4 is 34.1 Å². The minimum Gasteiger partial charge on any atom is -0.228 e. The molecule has 1 aromatic heterocycles. The van der Waals surface area contributed by atoms with E-state index in [9.17, 15) is 8.78 Å². The smallest absolute Gasteiger partial charge is 0.164 e. The summed E-state index contributed by atoms with van der Waals surface area (Å²) in [4.78, 5) is 8.26. The maximum absolute atomic E-state index is 13.8. The van der Waals surface area contributed by atoms with E-state index >= 15 is 0 Å². The summed E-state index contributed by atoms with van der Waals surface area (Å²) in [5, 5.41) is 1.28. The number of benzene rings is 2. The summed E-state index contributed by atoms with van der Waals surface area (Å²) in [5.74, 6) is -1.33. The van der Waals surface area contributed by atoms with Crippen molar-refractivity contribution in [2.45, 2.75) is 0 Å². The molecule has 0 aliphatic carbocycles. The molecule has 0 amide bonds. The van der Waals surface area contributed by atoms with Crippen molar-refractivity contribution in [3.8, 4) is 11.4 Å². The minimum absolute atomic E-state index is 0.0789. The van der Waals surface area contributed by atoms with Crippen LogP contribution in [0.15, 0.2) is 36.4 Å². The molecule has 0 atom stereocenters. The number of aromatic nitrogens is 2. The molecule has 3 aromatic rings. The Kier molecular flexibility index (Phi) is 3.28. The molecule has 0 saturated carbocycles. The van der Waals surface area contributed by atoms with Crippen LogP contribution >= 0.6 is 23.2 Å². The van der Waals surface area contributed by atoms with E-state index in [1.165, 1.54) is 6.07 Å². The Morgan fingerprint density at radius 2 is 1.70 bits per heavy atom. The Morgan fingerprint density at radius 3 is 2.45 bits per heavy atom. The normalized spacial score (nSPS) is 11.0. The van der Waals surface area contributed by atoms with Crippen molar-refractivity contribution in [2.24, 2.45) is 0 Å². The van der Waals surface area contributed by atoms with Crippen LogP contribution in [0.5, 0.6) is 0 Å². The van der Waals surface area contributed by atoms with E-state index in [0.29, 0.717) is 15.9 Å². The zero-order valence-electron chi connectivity index (χ0n) is 9.87. The lowest BCUT2D eigenvalue weighted by molar-refractivity contribution is 0.585. The average molecular weight is 311 g/mol. The highest BCUT2D eigenvalue weighted by Gasteiger charge is 2.12. The van der Waals surface area contributed by atoms with E-state index in [4.69, 9.17) is 23.2 Å². The van der Waals surface area contributed by atoms with Crippen LogP contribution in [0.25, 0.3) is 22.3 Å². The maximum Gasteiger partial charge on any atom is 0.164 e. The number of nitrogens with zero attached hydrogens (tertiary/aromatic N) is 2. The standard InChI is InChI=1S/C14H6Cl2F2N2/c15-7-1-3-10-12(5-7)19-14(20-13(10)16)9-4-2-8(17)6-11(9)18/h1-6H. The summed E-state index contributed by atoms with van der Waals surface area (Å²) < 4.78 is 26.7. The van der Waals surface area contributed by atoms with Gasteiger partial charge in [0.1, 0.15) is 16.8 Å². The molecule has 0 bridgehead atoms. The molecule has 0 aliphatic rings. The molecule has 2 nitrogen and oxygen atoms in total. The van der Waals surface area contributed by atoms with E-state index in [2.05, 4.69) is 9.97 Å². The summed E-state index contributed by atoms with van der Waals surface area (Å²) in [5.41, 5.74) is 0.575. The van der Waals surface area contributed by atoms with Crippen molar-refractivity contribution < 1.29 is 8.78 Å². The highest BCUT2D eigenvalue weighted by molar-refractivity contribution is 6.35. The number of hydrogen-bond acceptors (Lipinski definition) is 2. The predicted octanol–water partition coefficient (Wildman–Crippen LogP) is 4.88. The zero-order chi connectivity index (χ0) is 14.3. The Balaban J connectivity index is 2.26. The van der Waals surface area contributed by atoms with Crippen molar-refractivity contribution in [1.82, 2.24) is 9.97 Å². The van der Waals surface area contributed by atoms with Gasteiger partial charge in [-0.05, 0) is 30.3 Å². The third-order valence-corrected chi connectivity index (χ3v) is 3.31. The molecular weight excluding hydrogens is 305 g/mol. The van der Waals surface area contributed by atoms with Gasteiger partial charge >= 0.3 is 0 Å². The quantitative estimate of drug-likeness (QED) is 0.598. The van der Waals surface area contributed by atoms with Crippen LogP contribution in [-0.4, -0.2) is 9.97 Å². The first-order valence-corrected chi connectivity index (χ1v) is 6.38. The molecule has 0 fully saturated rings. The van der Waals surface area contributed by atoms with Gasteiger partial charge in [0.2, 0.25) is 0 Å². The minimum atomic E-state index is -0.748. The van der Waals surface area contributed by atoms with Crippen molar-refractivity contribution in [3.63, 3.8) is 0 Å². The first-order chi connectivity index (χ1) is 9.54. The van der Waals surface area contributed by atoms with Crippen LogP contribution in [0, 0.1) is 11.6 Å². The molecule has 0 spiro atoms. The van der Waals surface area contributed by atoms with Gasteiger partial charge in [-0.2, -0.15) is 0 Å². The van der Waals surface area contributed by atoms with Crippen LogP contribution in [0.2, 0.25) is 10.2 Å². The molecule has 0 unspecified atom stereocenters. The summed E-state index contributed by atoms with van der Waals surface area (Å²) in [6.07, 6.45) is 0.